The van der Waals surface area contributed by atoms with Crippen LogP contribution in [-0.4, -0.2) is 49.9 Å². The van der Waals surface area contributed by atoms with Gasteiger partial charge < -0.3 is 15.1 Å². The smallest absolute Gasteiger partial charge is 0.277 e. The Hall–Kier alpha value is -1.91. The van der Waals surface area contributed by atoms with Crippen LogP contribution in [0.4, 0.5) is 5.00 Å². The molecule has 1 aliphatic carbocycles. The van der Waals surface area contributed by atoms with E-state index in [1.165, 1.54) is 4.88 Å². The van der Waals surface area contributed by atoms with Gasteiger partial charge in [-0.15, -0.1) is 11.3 Å². The number of nitrogens with zero attached hydrogens (tertiary/aromatic N) is 2. The molecule has 1 aliphatic rings. The number of hydrogen-bond donors (Lipinski definition) is 2. The Morgan fingerprint density at radius 1 is 1.27 bits per heavy atom. The van der Waals surface area contributed by atoms with E-state index in [2.05, 4.69) is 11.4 Å². The molecule has 0 radical (unpaired) electrons. The zero-order valence-corrected chi connectivity index (χ0v) is 16.8. The van der Waals surface area contributed by atoms with E-state index in [0.29, 0.717) is 43.2 Å². The molecule has 2 amide bonds. The number of hydrogen-bond acceptors (Lipinski definition) is 4. The van der Waals surface area contributed by atoms with E-state index in [4.69, 9.17) is 0 Å². The van der Waals surface area contributed by atoms with Crippen LogP contribution in [0.15, 0.2) is 0 Å². The van der Waals surface area contributed by atoms with Crippen molar-refractivity contribution in [3.63, 3.8) is 0 Å². The lowest BCUT2D eigenvalue weighted by Crippen LogP contribution is -3.10. The summed E-state index contributed by atoms with van der Waals surface area (Å²) >= 11 is 1.55. The Morgan fingerprint density at radius 3 is 2.62 bits per heavy atom. The summed E-state index contributed by atoms with van der Waals surface area (Å²) in [6.45, 7) is 6.35. The molecular weight excluding hydrogens is 348 g/mol. The Kier molecular flexibility index (Phi) is 7.61. The average Bonchev–Trinajstić information content (AvgIpc) is 2.97. The minimum Gasteiger partial charge on any atom is -0.338 e. The fourth-order valence-corrected chi connectivity index (χ4v) is 4.58. The van der Waals surface area contributed by atoms with Crippen molar-refractivity contribution in [2.75, 3.05) is 38.5 Å². The Balaban J connectivity index is 1.87. The molecule has 0 saturated heterocycles. The van der Waals surface area contributed by atoms with Gasteiger partial charge in [0.05, 0.1) is 25.6 Å². The summed E-state index contributed by atoms with van der Waals surface area (Å²) in [6.07, 6.45) is 4.54. The van der Waals surface area contributed by atoms with Crippen molar-refractivity contribution in [1.29, 1.82) is 5.26 Å². The van der Waals surface area contributed by atoms with Gasteiger partial charge in [0, 0.05) is 18.0 Å². The fraction of sp³-hybridized carbons (Fsp3) is 0.632. The number of carbonyl (C=O) groups excluding carboxylic acids is 2. The number of anilines is 1. The highest BCUT2D eigenvalue weighted by atomic mass is 32.1. The highest BCUT2D eigenvalue weighted by Crippen LogP contribution is 2.37. The third-order valence-electron chi connectivity index (χ3n) is 4.88. The summed E-state index contributed by atoms with van der Waals surface area (Å²) in [5, 5.41) is 13.1. The first-order valence-corrected chi connectivity index (χ1v) is 10.2. The molecule has 6 nitrogen and oxygen atoms in total. The van der Waals surface area contributed by atoms with Crippen LogP contribution in [-0.2, 0) is 22.4 Å². The van der Waals surface area contributed by atoms with Crippen molar-refractivity contribution in [3.05, 3.63) is 16.0 Å². The van der Waals surface area contributed by atoms with Gasteiger partial charge in [0.1, 0.15) is 11.1 Å². The van der Waals surface area contributed by atoms with Crippen molar-refractivity contribution in [2.45, 2.75) is 46.0 Å². The molecule has 1 aromatic rings. The number of thiophene rings is 1. The lowest BCUT2D eigenvalue weighted by molar-refractivity contribution is -0.870. The minimum atomic E-state index is -0.0882. The van der Waals surface area contributed by atoms with Crippen LogP contribution in [0.3, 0.4) is 0 Å². The topological polar surface area (TPSA) is 77.6 Å². The van der Waals surface area contributed by atoms with Crippen LogP contribution in [0, 0.1) is 11.3 Å². The quantitative estimate of drug-likeness (QED) is 0.715. The first kappa shape index (κ1) is 20.4. The van der Waals surface area contributed by atoms with Crippen LogP contribution in [0.2, 0.25) is 0 Å². The molecule has 2 N–H and O–H groups in total. The van der Waals surface area contributed by atoms with E-state index < -0.39 is 0 Å². The maximum absolute atomic E-state index is 12.3. The summed E-state index contributed by atoms with van der Waals surface area (Å²) < 4.78 is 0. The van der Waals surface area contributed by atoms with Crippen LogP contribution in [0.5, 0.6) is 0 Å². The zero-order chi connectivity index (χ0) is 19.1. The van der Waals surface area contributed by atoms with Gasteiger partial charge in [0.15, 0.2) is 6.54 Å². The number of amides is 2. The molecule has 2 rings (SSSR count). The Morgan fingerprint density at radius 2 is 1.96 bits per heavy atom. The van der Waals surface area contributed by atoms with E-state index in [-0.39, 0.29) is 11.8 Å². The number of quaternary nitrogens is 1. The highest BCUT2D eigenvalue weighted by Gasteiger charge is 2.22. The van der Waals surface area contributed by atoms with Gasteiger partial charge in [-0.1, -0.05) is 0 Å². The standard InChI is InChI=1S/C19H28N4O2S/c1-4-23(5-2)18(25)13-22(3)11-10-17(24)21-19-15(12-20)14-8-6-7-9-16(14)26-19/h4-11,13H2,1-3H3,(H,21,24)/p+1. The summed E-state index contributed by atoms with van der Waals surface area (Å²) in [5.74, 6) is 0.0281. The fourth-order valence-electron chi connectivity index (χ4n) is 3.32. The van der Waals surface area contributed by atoms with Crippen molar-refractivity contribution < 1.29 is 14.5 Å². The molecule has 1 atom stereocenters. The van der Waals surface area contributed by atoms with Crippen LogP contribution >= 0.6 is 11.3 Å². The monoisotopic (exact) mass is 377 g/mol. The van der Waals surface area contributed by atoms with E-state index >= 15 is 0 Å². The van der Waals surface area contributed by atoms with E-state index in [9.17, 15) is 14.9 Å². The normalized spacial score (nSPS) is 14.2. The van der Waals surface area contributed by atoms with Crippen LogP contribution in [0.25, 0.3) is 0 Å². The maximum Gasteiger partial charge on any atom is 0.277 e. The first-order valence-electron chi connectivity index (χ1n) is 9.43. The second-order valence-electron chi connectivity index (χ2n) is 6.77. The number of nitriles is 1. The van der Waals surface area contributed by atoms with Crippen LogP contribution in [0.1, 0.15) is 49.1 Å². The lowest BCUT2D eigenvalue weighted by Gasteiger charge is -2.21. The Labute approximate surface area is 159 Å². The van der Waals surface area contributed by atoms with Gasteiger partial charge in [-0.25, -0.2) is 0 Å². The van der Waals surface area contributed by atoms with Gasteiger partial charge in [-0.3, -0.25) is 9.59 Å². The van der Waals surface area contributed by atoms with Gasteiger partial charge >= 0.3 is 0 Å². The predicted molar refractivity (Wildman–Crippen MR) is 103 cm³/mol. The molecule has 0 saturated carbocycles. The molecule has 0 bridgehead atoms. The van der Waals surface area contributed by atoms with Gasteiger partial charge in [-0.05, 0) is 45.1 Å². The number of fused-ring (bicyclic) bond motifs is 1. The molecule has 0 aliphatic heterocycles. The SMILES string of the molecule is CCN(CC)C(=O)C[NH+](C)CCC(=O)Nc1sc2c(c1C#N)CCCC2. The predicted octanol–water partition coefficient (Wildman–Crippen LogP) is 1.21. The van der Waals surface area contributed by atoms with Gasteiger partial charge in [0.25, 0.3) is 5.91 Å². The average molecular weight is 378 g/mol. The largest absolute Gasteiger partial charge is 0.338 e. The number of nitrogens with one attached hydrogen (secondary N) is 2. The first-order chi connectivity index (χ1) is 12.5. The van der Waals surface area contributed by atoms with Crippen molar-refractivity contribution in [3.8, 4) is 6.07 Å². The third kappa shape index (κ3) is 5.05. The molecule has 0 fully saturated rings. The van der Waals surface area contributed by atoms with Gasteiger partial charge in [-0.2, -0.15) is 5.26 Å². The number of likely N-dealkylation sites (N-methyl/N-ethyl adjacent to an activating group) is 2. The number of aryl methyl sites for hydroxylation is 1. The van der Waals surface area contributed by atoms with Crippen molar-refractivity contribution >= 4 is 28.2 Å². The number of carbonyl (C=O) groups is 2. The second-order valence-corrected chi connectivity index (χ2v) is 7.88. The molecule has 0 aromatic carbocycles. The maximum atomic E-state index is 12.3. The second kappa shape index (κ2) is 9.70. The summed E-state index contributed by atoms with van der Waals surface area (Å²) in [4.78, 5) is 28.5. The van der Waals surface area contributed by atoms with Gasteiger partial charge in [0.2, 0.25) is 5.91 Å². The summed E-state index contributed by atoms with van der Waals surface area (Å²) in [7, 11) is 1.93. The molecule has 1 unspecified atom stereocenters. The van der Waals surface area contributed by atoms with Crippen molar-refractivity contribution in [1.82, 2.24) is 4.90 Å². The molecule has 26 heavy (non-hydrogen) atoms. The van der Waals surface area contributed by atoms with Crippen LogP contribution < -0.4 is 10.2 Å². The Bertz CT molecular complexity index is 688. The number of rotatable bonds is 8. The molecule has 0 spiro atoms. The molecular formula is C19H29N4O2S+. The third-order valence-corrected chi connectivity index (χ3v) is 6.09. The van der Waals surface area contributed by atoms with E-state index in [1.54, 1.807) is 16.2 Å². The van der Waals surface area contributed by atoms with E-state index in [0.717, 1.165) is 36.1 Å². The molecule has 1 aromatic heterocycles. The zero-order valence-electron chi connectivity index (χ0n) is 16.0. The molecule has 142 valence electrons. The minimum absolute atomic E-state index is 0.0882. The molecule has 7 heteroatoms. The lowest BCUT2D eigenvalue weighted by atomic mass is 9.96. The van der Waals surface area contributed by atoms with Crippen molar-refractivity contribution in [2.24, 2.45) is 0 Å². The summed E-state index contributed by atoms with van der Waals surface area (Å²) in [5.41, 5.74) is 1.78. The summed E-state index contributed by atoms with van der Waals surface area (Å²) in [6, 6.07) is 2.27. The molecule has 1 heterocycles. The van der Waals surface area contributed by atoms with E-state index in [1.807, 2.05) is 20.9 Å². The highest BCUT2D eigenvalue weighted by molar-refractivity contribution is 7.16.